The third-order valence-electron chi connectivity index (χ3n) is 1.21. The van der Waals surface area contributed by atoms with Gasteiger partial charge in [0.1, 0.15) is 0 Å². The molecule has 0 radical (unpaired) electrons. The minimum atomic E-state index is 0.588. The smallest absolute Gasteiger partial charge is 0.0622 e. The fraction of sp³-hybridized carbons (Fsp3) is 0.875. The molecule has 0 unspecified atom stereocenters. The molecule has 0 spiro atoms. The highest BCUT2D eigenvalue weighted by Gasteiger charge is 1.88. The van der Waals surface area contributed by atoms with Gasteiger partial charge >= 0.3 is 0 Å². The first-order valence-corrected chi connectivity index (χ1v) is 3.85. The Bertz CT molecular complexity index is 109. The van der Waals surface area contributed by atoms with Crippen LogP contribution in [0.4, 0.5) is 0 Å². The number of rotatable bonds is 7. The number of ether oxygens (including phenoxy) is 2. The minimum absolute atomic E-state index is 0.588. The van der Waals surface area contributed by atoms with Crippen LogP contribution in [-0.2, 0) is 9.47 Å². The van der Waals surface area contributed by atoms with E-state index in [9.17, 15) is 0 Å². The Kier molecular flexibility index (Phi) is 8.91. The van der Waals surface area contributed by atoms with Gasteiger partial charge in [-0.1, -0.05) is 0 Å². The highest BCUT2D eigenvalue weighted by atomic mass is 16.5. The Morgan fingerprint density at radius 3 is 2.55 bits per heavy atom. The van der Waals surface area contributed by atoms with E-state index in [1.807, 2.05) is 0 Å². The van der Waals surface area contributed by atoms with E-state index in [-0.39, 0.29) is 0 Å². The molecule has 0 N–H and O–H groups in total. The fourth-order valence-corrected chi connectivity index (χ4v) is 0.661. The van der Waals surface area contributed by atoms with Gasteiger partial charge in [0.25, 0.3) is 0 Å². The van der Waals surface area contributed by atoms with Crippen LogP contribution in [0.3, 0.4) is 0 Å². The van der Waals surface area contributed by atoms with Gasteiger partial charge in [0.05, 0.1) is 6.07 Å². The molecule has 0 aromatic heterocycles. The summed E-state index contributed by atoms with van der Waals surface area (Å²) >= 11 is 0. The Balaban J connectivity index is 2.75. The Hall–Kier alpha value is -0.590. The molecule has 0 heterocycles. The highest BCUT2D eigenvalue weighted by molar-refractivity contribution is 4.67. The Labute approximate surface area is 67.9 Å². The fourth-order valence-electron chi connectivity index (χ4n) is 0.661. The lowest BCUT2D eigenvalue weighted by atomic mass is 10.3. The lowest BCUT2D eigenvalue weighted by Gasteiger charge is -2.00. The van der Waals surface area contributed by atoms with Crippen molar-refractivity contribution in [3.63, 3.8) is 0 Å². The number of nitrogens with zero attached hydrogens (tertiary/aromatic N) is 1. The van der Waals surface area contributed by atoms with Crippen LogP contribution < -0.4 is 0 Å². The molecule has 0 aromatic carbocycles. The molecular weight excluding hydrogens is 142 g/mol. The van der Waals surface area contributed by atoms with Gasteiger partial charge in [-0.15, -0.1) is 0 Å². The summed E-state index contributed by atoms with van der Waals surface area (Å²) in [5.41, 5.74) is 0. The van der Waals surface area contributed by atoms with Gasteiger partial charge in [-0.3, -0.25) is 0 Å². The third kappa shape index (κ3) is 9.41. The molecule has 64 valence electrons. The molecule has 0 atom stereocenters. The molecule has 0 rings (SSSR count). The van der Waals surface area contributed by atoms with Crippen molar-refractivity contribution < 1.29 is 9.47 Å². The van der Waals surface area contributed by atoms with Gasteiger partial charge in [0.2, 0.25) is 0 Å². The predicted octanol–water partition coefficient (Wildman–Crippen LogP) is 1.34. The van der Waals surface area contributed by atoms with E-state index in [1.165, 1.54) is 0 Å². The molecule has 11 heavy (non-hydrogen) atoms. The second kappa shape index (κ2) is 9.41. The summed E-state index contributed by atoms with van der Waals surface area (Å²) in [5, 5.41) is 8.18. The highest BCUT2D eigenvalue weighted by Crippen LogP contribution is 1.89. The monoisotopic (exact) mass is 157 g/mol. The van der Waals surface area contributed by atoms with Crippen LogP contribution in [0.5, 0.6) is 0 Å². The van der Waals surface area contributed by atoms with E-state index in [0.717, 1.165) is 26.1 Å². The quantitative estimate of drug-likeness (QED) is 0.524. The Morgan fingerprint density at radius 2 is 1.91 bits per heavy atom. The van der Waals surface area contributed by atoms with Gasteiger partial charge in [-0.05, 0) is 12.8 Å². The maximum atomic E-state index is 8.18. The summed E-state index contributed by atoms with van der Waals surface area (Å²) in [6.45, 7) is 2.18. The van der Waals surface area contributed by atoms with E-state index in [4.69, 9.17) is 14.7 Å². The van der Waals surface area contributed by atoms with E-state index in [0.29, 0.717) is 13.0 Å². The number of nitriles is 1. The summed E-state index contributed by atoms with van der Waals surface area (Å²) in [5.74, 6) is 0. The molecule has 3 nitrogen and oxygen atoms in total. The maximum Gasteiger partial charge on any atom is 0.0622 e. The molecule has 0 aliphatic heterocycles. The van der Waals surface area contributed by atoms with Crippen molar-refractivity contribution in [1.82, 2.24) is 0 Å². The van der Waals surface area contributed by atoms with Crippen molar-refractivity contribution >= 4 is 0 Å². The molecule has 0 aliphatic carbocycles. The molecule has 0 saturated heterocycles. The molecule has 0 aromatic rings. The van der Waals surface area contributed by atoms with Crippen molar-refractivity contribution in [2.75, 3.05) is 26.9 Å². The molecule has 0 aliphatic rings. The van der Waals surface area contributed by atoms with Crippen LogP contribution >= 0.6 is 0 Å². The third-order valence-corrected chi connectivity index (χ3v) is 1.21. The van der Waals surface area contributed by atoms with Crippen molar-refractivity contribution in [3.05, 3.63) is 0 Å². The molecule has 0 fully saturated rings. The number of unbranched alkanes of at least 4 members (excludes halogenated alkanes) is 1. The first-order chi connectivity index (χ1) is 5.41. The van der Waals surface area contributed by atoms with E-state index < -0.39 is 0 Å². The molecule has 0 amide bonds. The second-order valence-corrected chi connectivity index (χ2v) is 2.22. The van der Waals surface area contributed by atoms with Crippen LogP contribution in [-0.4, -0.2) is 26.9 Å². The normalized spacial score (nSPS) is 9.45. The Morgan fingerprint density at radius 1 is 1.18 bits per heavy atom. The first kappa shape index (κ1) is 10.4. The standard InChI is InChI=1S/C8H15NO2/c1-10-6-4-8-11-7-3-2-5-9/h2-4,6-8H2,1H3. The van der Waals surface area contributed by atoms with Crippen molar-refractivity contribution in [3.8, 4) is 6.07 Å². The van der Waals surface area contributed by atoms with Gasteiger partial charge in [-0.25, -0.2) is 0 Å². The maximum absolute atomic E-state index is 8.18. The average molecular weight is 157 g/mol. The number of hydrogen-bond acceptors (Lipinski definition) is 3. The number of hydrogen-bond donors (Lipinski definition) is 0. The summed E-state index contributed by atoms with van der Waals surface area (Å²) in [7, 11) is 1.68. The molecule has 0 bridgehead atoms. The average Bonchev–Trinajstić information content (AvgIpc) is 2.03. The summed E-state index contributed by atoms with van der Waals surface area (Å²) in [6.07, 6.45) is 2.36. The van der Waals surface area contributed by atoms with Crippen molar-refractivity contribution in [2.45, 2.75) is 19.3 Å². The first-order valence-electron chi connectivity index (χ1n) is 3.85. The summed E-state index contributed by atoms with van der Waals surface area (Å²) < 4.78 is 10.0. The predicted molar refractivity (Wildman–Crippen MR) is 42.2 cm³/mol. The van der Waals surface area contributed by atoms with E-state index in [2.05, 4.69) is 6.07 Å². The van der Waals surface area contributed by atoms with Crippen molar-refractivity contribution in [1.29, 1.82) is 5.26 Å². The van der Waals surface area contributed by atoms with E-state index in [1.54, 1.807) is 7.11 Å². The SMILES string of the molecule is COCCCOCCCC#N. The van der Waals surface area contributed by atoms with E-state index >= 15 is 0 Å². The second-order valence-electron chi connectivity index (χ2n) is 2.22. The largest absolute Gasteiger partial charge is 0.385 e. The van der Waals surface area contributed by atoms with Gasteiger partial charge in [0.15, 0.2) is 0 Å². The topological polar surface area (TPSA) is 42.2 Å². The summed E-state index contributed by atoms with van der Waals surface area (Å²) in [6, 6.07) is 2.07. The van der Waals surface area contributed by atoms with Gasteiger partial charge in [-0.2, -0.15) is 5.26 Å². The van der Waals surface area contributed by atoms with Crippen LogP contribution in [0, 0.1) is 11.3 Å². The van der Waals surface area contributed by atoms with Crippen LogP contribution in [0.15, 0.2) is 0 Å². The minimum Gasteiger partial charge on any atom is -0.385 e. The molecular formula is C8H15NO2. The van der Waals surface area contributed by atoms with Crippen LogP contribution in [0.1, 0.15) is 19.3 Å². The van der Waals surface area contributed by atoms with Crippen LogP contribution in [0.2, 0.25) is 0 Å². The lowest BCUT2D eigenvalue weighted by Crippen LogP contribution is -2.00. The zero-order chi connectivity index (χ0) is 8.36. The lowest BCUT2D eigenvalue weighted by molar-refractivity contribution is 0.102. The molecule has 0 saturated carbocycles. The zero-order valence-electron chi connectivity index (χ0n) is 7.01. The summed E-state index contributed by atoms with van der Waals surface area (Å²) in [4.78, 5) is 0. The van der Waals surface area contributed by atoms with Gasteiger partial charge < -0.3 is 9.47 Å². The zero-order valence-corrected chi connectivity index (χ0v) is 7.01. The number of methoxy groups -OCH3 is 1. The van der Waals surface area contributed by atoms with Crippen molar-refractivity contribution in [2.24, 2.45) is 0 Å². The van der Waals surface area contributed by atoms with Crippen LogP contribution in [0.25, 0.3) is 0 Å². The molecule has 3 heteroatoms. The van der Waals surface area contributed by atoms with Gasteiger partial charge in [0, 0.05) is 33.4 Å².